The van der Waals surface area contributed by atoms with E-state index in [-0.39, 0.29) is 24.0 Å². The molecule has 2 heterocycles. The van der Waals surface area contributed by atoms with Crippen LogP contribution < -0.4 is 0 Å². The highest BCUT2D eigenvalue weighted by atomic mass is 32.2. The summed E-state index contributed by atoms with van der Waals surface area (Å²) in [6.07, 6.45) is 2.50. The van der Waals surface area contributed by atoms with Gasteiger partial charge in [-0.3, -0.25) is 14.6 Å². The van der Waals surface area contributed by atoms with Crippen LogP contribution >= 0.6 is 0 Å². The predicted octanol–water partition coefficient (Wildman–Crippen LogP) is 2.98. The van der Waals surface area contributed by atoms with Gasteiger partial charge in [0.25, 0.3) is 10.0 Å². The zero-order valence-corrected chi connectivity index (χ0v) is 19.4. The molecule has 1 saturated heterocycles. The quantitative estimate of drug-likeness (QED) is 0.475. The van der Waals surface area contributed by atoms with Crippen molar-refractivity contribution in [3.8, 4) is 0 Å². The van der Waals surface area contributed by atoms with E-state index in [4.69, 9.17) is 4.74 Å². The smallest absolute Gasteiger partial charge is 0.320 e. The molecule has 1 aromatic heterocycles. The van der Waals surface area contributed by atoms with Gasteiger partial charge < -0.3 is 4.74 Å². The van der Waals surface area contributed by atoms with Crippen molar-refractivity contribution >= 4 is 16.0 Å². The first-order chi connectivity index (χ1) is 16.0. The van der Waals surface area contributed by atoms with Gasteiger partial charge in [-0.25, -0.2) is 12.4 Å². The summed E-state index contributed by atoms with van der Waals surface area (Å²) in [5, 5.41) is 0. The molecule has 2 aromatic carbocycles. The molecule has 0 bridgehead atoms. The zero-order chi connectivity index (χ0) is 23.1. The fourth-order valence-electron chi connectivity index (χ4n) is 4.00. The highest BCUT2D eigenvalue weighted by Crippen LogP contribution is 2.18. The number of nitrogens with zero attached hydrogens (tertiary/aromatic N) is 3. The van der Waals surface area contributed by atoms with E-state index in [1.54, 1.807) is 42.6 Å². The topological polar surface area (TPSA) is 71.9 Å². The van der Waals surface area contributed by atoms with E-state index in [1.165, 1.54) is 3.97 Å². The van der Waals surface area contributed by atoms with Gasteiger partial charge in [0.05, 0.1) is 11.4 Å². The lowest BCUT2D eigenvalue weighted by Gasteiger charge is -2.22. The molecular weight excluding hydrogens is 438 g/mol. The first kappa shape index (κ1) is 23.2. The van der Waals surface area contributed by atoms with E-state index in [2.05, 4.69) is 9.80 Å². The van der Waals surface area contributed by atoms with Crippen LogP contribution in [0.1, 0.15) is 17.7 Å². The molecule has 0 atom stereocenters. The Morgan fingerprint density at radius 2 is 1.48 bits per heavy atom. The minimum atomic E-state index is -3.62. The Balaban J connectivity index is 1.31. The third-order valence-electron chi connectivity index (χ3n) is 5.76. The number of rotatable bonds is 8. The van der Waals surface area contributed by atoms with Crippen molar-refractivity contribution in [1.82, 2.24) is 13.8 Å². The highest BCUT2D eigenvalue weighted by Gasteiger charge is 2.22. The van der Waals surface area contributed by atoms with Gasteiger partial charge in [0, 0.05) is 38.1 Å². The number of carbonyl (C=O) groups is 1. The fourth-order valence-corrected chi connectivity index (χ4v) is 5.39. The number of benzene rings is 2. The standard InChI is InChI=1S/C25H29N3O4S/c29-25(32-21-22-9-3-1-4-10-22)20-27-15-8-14-26(17-18-27)19-23-11-7-16-28(23)33(30,31)24-12-5-2-6-13-24/h1-7,9-13,16H,8,14-15,17-21H2. The van der Waals surface area contributed by atoms with Gasteiger partial charge in [0.15, 0.2) is 0 Å². The van der Waals surface area contributed by atoms with Crippen molar-refractivity contribution in [2.75, 3.05) is 32.7 Å². The Morgan fingerprint density at radius 1 is 0.818 bits per heavy atom. The third-order valence-corrected chi connectivity index (χ3v) is 7.50. The first-order valence-corrected chi connectivity index (χ1v) is 12.6. The molecule has 4 rings (SSSR count). The number of carbonyl (C=O) groups excluding carboxylic acids is 1. The van der Waals surface area contributed by atoms with Crippen LogP contribution in [0.5, 0.6) is 0 Å². The van der Waals surface area contributed by atoms with Crippen LogP contribution in [0.15, 0.2) is 83.9 Å². The average Bonchev–Trinajstić information content (AvgIpc) is 3.20. The van der Waals surface area contributed by atoms with Crippen LogP contribution in [0, 0.1) is 0 Å². The molecule has 33 heavy (non-hydrogen) atoms. The molecule has 0 N–H and O–H groups in total. The van der Waals surface area contributed by atoms with Crippen LogP contribution in [-0.4, -0.2) is 60.9 Å². The largest absolute Gasteiger partial charge is 0.460 e. The minimum absolute atomic E-state index is 0.227. The normalized spacial score (nSPS) is 15.8. The van der Waals surface area contributed by atoms with Crippen LogP contribution in [0.25, 0.3) is 0 Å². The second-order valence-corrected chi connectivity index (χ2v) is 9.98. The van der Waals surface area contributed by atoms with Gasteiger partial charge in [0.1, 0.15) is 6.61 Å². The summed E-state index contributed by atoms with van der Waals surface area (Å²) in [6.45, 7) is 4.21. The molecule has 0 radical (unpaired) electrons. The van der Waals surface area contributed by atoms with Gasteiger partial charge in [-0.2, -0.15) is 0 Å². The molecule has 1 aliphatic heterocycles. The molecule has 1 fully saturated rings. The van der Waals surface area contributed by atoms with Gasteiger partial charge >= 0.3 is 5.97 Å². The summed E-state index contributed by atoms with van der Waals surface area (Å²) in [6, 6.07) is 21.7. The Labute approximate surface area is 195 Å². The van der Waals surface area contributed by atoms with Crippen molar-refractivity contribution < 1.29 is 17.9 Å². The minimum Gasteiger partial charge on any atom is -0.460 e. The second kappa shape index (κ2) is 10.8. The molecule has 0 saturated carbocycles. The van der Waals surface area contributed by atoms with Crippen molar-refractivity contribution in [2.24, 2.45) is 0 Å². The number of aromatic nitrogens is 1. The molecule has 1 aliphatic rings. The zero-order valence-electron chi connectivity index (χ0n) is 18.5. The Bertz CT molecular complexity index is 1150. The van der Waals surface area contributed by atoms with Crippen molar-refractivity contribution in [2.45, 2.75) is 24.5 Å². The van der Waals surface area contributed by atoms with Gasteiger partial charge in [0.2, 0.25) is 0 Å². The number of hydrogen-bond acceptors (Lipinski definition) is 6. The van der Waals surface area contributed by atoms with Crippen LogP contribution in [0.2, 0.25) is 0 Å². The average molecular weight is 468 g/mol. The lowest BCUT2D eigenvalue weighted by atomic mass is 10.2. The van der Waals surface area contributed by atoms with Crippen LogP contribution in [-0.2, 0) is 32.7 Å². The molecule has 0 amide bonds. The number of hydrogen-bond donors (Lipinski definition) is 0. The molecular formula is C25H29N3O4S. The maximum Gasteiger partial charge on any atom is 0.320 e. The predicted molar refractivity (Wildman–Crippen MR) is 126 cm³/mol. The van der Waals surface area contributed by atoms with E-state index >= 15 is 0 Å². The summed E-state index contributed by atoms with van der Waals surface area (Å²) >= 11 is 0. The Hall–Kier alpha value is -2.94. The summed E-state index contributed by atoms with van der Waals surface area (Å²) in [4.78, 5) is 16.9. The monoisotopic (exact) mass is 467 g/mol. The number of esters is 1. The second-order valence-electron chi connectivity index (χ2n) is 8.17. The van der Waals surface area contributed by atoms with Gasteiger partial charge in [-0.15, -0.1) is 0 Å². The van der Waals surface area contributed by atoms with E-state index in [0.717, 1.165) is 43.9 Å². The summed E-state index contributed by atoms with van der Waals surface area (Å²) in [5.74, 6) is -0.227. The molecule has 0 unspecified atom stereocenters. The van der Waals surface area contributed by atoms with Crippen LogP contribution in [0.3, 0.4) is 0 Å². The van der Waals surface area contributed by atoms with Crippen LogP contribution in [0.4, 0.5) is 0 Å². The summed E-state index contributed by atoms with van der Waals surface area (Å²) in [7, 11) is -3.62. The van der Waals surface area contributed by atoms with E-state index in [0.29, 0.717) is 6.54 Å². The fraction of sp³-hybridized carbons (Fsp3) is 0.320. The molecule has 174 valence electrons. The first-order valence-electron chi connectivity index (χ1n) is 11.1. The van der Waals surface area contributed by atoms with Crippen molar-refractivity contribution in [3.05, 3.63) is 90.3 Å². The maximum absolute atomic E-state index is 13.0. The molecule has 0 aliphatic carbocycles. The van der Waals surface area contributed by atoms with E-state index in [1.807, 2.05) is 36.4 Å². The van der Waals surface area contributed by atoms with E-state index < -0.39 is 10.0 Å². The van der Waals surface area contributed by atoms with Gasteiger partial charge in [-0.05, 0) is 42.8 Å². The highest BCUT2D eigenvalue weighted by molar-refractivity contribution is 7.90. The molecule has 8 heteroatoms. The van der Waals surface area contributed by atoms with Gasteiger partial charge in [-0.1, -0.05) is 48.5 Å². The third kappa shape index (κ3) is 6.10. The Kier molecular flexibility index (Phi) is 7.59. The van der Waals surface area contributed by atoms with E-state index in [9.17, 15) is 13.2 Å². The van der Waals surface area contributed by atoms with Crippen molar-refractivity contribution in [1.29, 1.82) is 0 Å². The lowest BCUT2D eigenvalue weighted by Crippen LogP contribution is -2.35. The molecule has 7 nitrogen and oxygen atoms in total. The van der Waals surface area contributed by atoms with Crippen molar-refractivity contribution in [3.63, 3.8) is 0 Å². The maximum atomic E-state index is 13.0. The number of ether oxygens (including phenoxy) is 1. The summed E-state index contributed by atoms with van der Waals surface area (Å²) in [5.41, 5.74) is 1.70. The summed E-state index contributed by atoms with van der Waals surface area (Å²) < 4.78 is 32.9. The lowest BCUT2D eigenvalue weighted by molar-refractivity contribution is -0.146. The SMILES string of the molecule is O=C(CN1CCCN(Cc2cccn2S(=O)(=O)c2ccccc2)CC1)OCc1ccccc1. The Morgan fingerprint density at radius 3 is 2.24 bits per heavy atom. The molecule has 3 aromatic rings. The molecule has 0 spiro atoms.